The van der Waals surface area contributed by atoms with Crippen LogP contribution in [0.15, 0.2) is 18.3 Å². The fraction of sp³-hybridized carbons (Fsp3) is 0.636. The van der Waals surface area contributed by atoms with E-state index < -0.39 is 0 Å². The van der Waals surface area contributed by atoms with E-state index in [1.54, 1.807) is 0 Å². The third kappa shape index (κ3) is 2.36. The largest absolute Gasteiger partial charge is 0.387 e. The molecule has 1 saturated heterocycles. The van der Waals surface area contributed by atoms with E-state index in [2.05, 4.69) is 10.3 Å². The lowest BCUT2D eigenvalue weighted by Crippen LogP contribution is -2.28. The van der Waals surface area contributed by atoms with Crippen LogP contribution in [-0.2, 0) is 0 Å². The van der Waals surface area contributed by atoms with E-state index in [9.17, 15) is 5.11 Å². The standard InChI is InChI=1S/C11H18N2O/c14-11(10-2-1-5-13-10)8-9-3-6-12-7-4-9/h1-2,5,9,11-14H,3-4,6-8H2. The van der Waals surface area contributed by atoms with E-state index in [4.69, 9.17) is 0 Å². The molecule has 1 aliphatic rings. The predicted octanol–water partition coefficient (Wildman–Crippen LogP) is 1.44. The van der Waals surface area contributed by atoms with Gasteiger partial charge in [-0.15, -0.1) is 0 Å². The Hall–Kier alpha value is -0.800. The highest BCUT2D eigenvalue weighted by Gasteiger charge is 2.18. The van der Waals surface area contributed by atoms with Crippen molar-refractivity contribution in [3.63, 3.8) is 0 Å². The van der Waals surface area contributed by atoms with Gasteiger partial charge in [0.25, 0.3) is 0 Å². The van der Waals surface area contributed by atoms with Crippen LogP contribution in [0.3, 0.4) is 0 Å². The maximum atomic E-state index is 9.91. The summed E-state index contributed by atoms with van der Waals surface area (Å²) in [6.07, 6.45) is 4.83. The van der Waals surface area contributed by atoms with Gasteiger partial charge in [-0.25, -0.2) is 0 Å². The minimum absolute atomic E-state index is 0.312. The Kier molecular flexibility index (Phi) is 3.22. The lowest BCUT2D eigenvalue weighted by molar-refractivity contribution is 0.130. The molecule has 0 spiro atoms. The molecule has 1 aliphatic heterocycles. The smallest absolute Gasteiger partial charge is 0.0940 e. The van der Waals surface area contributed by atoms with Gasteiger partial charge >= 0.3 is 0 Å². The summed E-state index contributed by atoms with van der Waals surface area (Å²) >= 11 is 0. The Morgan fingerprint density at radius 1 is 1.43 bits per heavy atom. The Balaban J connectivity index is 1.84. The van der Waals surface area contributed by atoms with Gasteiger partial charge in [-0.3, -0.25) is 0 Å². The molecule has 3 nitrogen and oxygen atoms in total. The fourth-order valence-corrected chi connectivity index (χ4v) is 2.11. The average Bonchev–Trinajstić information content (AvgIpc) is 2.72. The predicted molar refractivity (Wildman–Crippen MR) is 56.0 cm³/mol. The Morgan fingerprint density at radius 3 is 2.86 bits per heavy atom. The van der Waals surface area contributed by atoms with Gasteiger partial charge in [0.2, 0.25) is 0 Å². The van der Waals surface area contributed by atoms with Gasteiger partial charge < -0.3 is 15.4 Å². The third-order valence-corrected chi connectivity index (χ3v) is 3.00. The van der Waals surface area contributed by atoms with E-state index in [0.29, 0.717) is 5.92 Å². The van der Waals surface area contributed by atoms with Crippen molar-refractivity contribution in [3.05, 3.63) is 24.0 Å². The normalized spacial score (nSPS) is 20.9. The van der Waals surface area contributed by atoms with E-state index in [0.717, 1.165) is 25.2 Å². The number of H-pyrrole nitrogens is 1. The van der Waals surface area contributed by atoms with Crippen LogP contribution >= 0.6 is 0 Å². The maximum Gasteiger partial charge on any atom is 0.0940 e. The second kappa shape index (κ2) is 4.62. The molecule has 1 fully saturated rings. The van der Waals surface area contributed by atoms with Crippen LogP contribution in [0.2, 0.25) is 0 Å². The van der Waals surface area contributed by atoms with Crippen LogP contribution in [0.1, 0.15) is 31.1 Å². The Morgan fingerprint density at radius 2 is 2.21 bits per heavy atom. The Labute approximate surface area is 84.5 Å². The van der Waals surface area contributed by atoms with Crippen LogP contribution in [0.5, 0.6) is 0 Å². The number of rotatable bonds is 3. The van der Waals surface area contributed by atoms with Gasteiger partial charge in [-0.05, 0) is 50.4 Å². The van der Waals surface area contributed by atoms with Crippen LogP contribution in [0, 0.1) is 5.92 Å². The van der Waals surface area contributed by atoms with Crippen molar-refractivity contribution in [2.24, 2.45) is 5.92 Å². The number of aliphatic hydroxyl groups excluding tert-OH is 1. The van der Waals surface area contributed by atoms with Crippen molar-refractivity contribution < 1.29 is 5.11 Å². The maximum absolute atomic E-state index is 9.91. The molecule has 0 aromatic carbocycles. The third-order valence-electron chi connectivity index (χ3n) is 3.00. The number of nitrogens with one attached hydrogen (secondary N) is 2. The molecule has 1 atom stereocenters. The summed E-state index contributed by atoms with van der Waals surface area (Å²) in [5, 5.41) is 13.2. The lowest BCUT2D eigenvalue weighted by atomic mass is 9.91. The van der Waals surface area contributed by atoms with Crippen LogP contribution in [0.4, 0.5) is 0 Å². The van der Waals surface area contributed by atoms with Gasteiger partial charge in [0, 0.05) is 11.9 Å². The van der Waals surface area contributed by atoms with E-state index >= 15 is 0 Å². The summed E-state index contributed by atoms with van der Waals surface area (Å²) in [5.41, 5.74) is 0.948. The van der Waals surface area contributed by atoms with Gasteiger partial charge in [-0.2, -0.15) is 0 Å². The van der Waals surface area contributed by atoms with Crippen molar-refractivity contribution in [1.29, 1.82) is 0 Å². The summed E-state index contributed by atoms with van der Waals surface area (Å²) in [6.45, 7) is 2.20. The fourth-order valence-electron chi connectivity index (χ4n) is 2.11. The van der Waals surface area contributed by atoms with Crippen LogP contribution in [0.25, 0.3) is 0 Å². The van der Waals surface area contributed by atoms with E-state index in [-0.39, 0.29) is 6.10 Å². The average molecular weight is 194 g/mol. The highest BCUT2D eigenvalue weighted by Crippen LogP contribution is 2.25. The number of hydrogen-bond donors (Lipinski definition) is 3. The molecule has 2 rings (SSSR count). The minimum atomic E-state index is -0.312. The zero-order chi connectivity index (χ0) is 9.80. The summed E-state index contributed by atoms with van der Waals surface area (Å²) in [5.74, 6) is 0.676. The molecular weight excluding hydrogens is 176 g/mol. The number of aromatic nitrogens is 1. The second-order valence-corrected chi connectivity index (χ2v) is 4.07. The monoisotopic (exact) mass is 194 g/mol. The topological polar surface area (TPSA) is 48.0 Å². The molecule has 1 aromatic rings. The number of hydrogen-bond acceptors (Lipinski definition) is 2. The van der Waals surface area contributed by atoms with Gasteiger partial charge in [0.15, 0.2) is 0 Å². The molecule has 1 aromatic heterocycles. The molecule has 78 valence electrons. The van der Waals surface area contributed by atoms with Gasteiger partial charge in [0.1, 0.15) is 0 Å². The second-order valence-electron chi connectivity index (χ2n) is 4.07. The first-order chi connectivity index (χ1) is 6.86. The summed E-state index contributed by atoms with van der Waals surface area (Å²) in [7, 11) is 0. The Bertz CT molecular complexity index is 252. The highest BCUT2D eigenvalue weighted by atomic mass is 16.3. The first kappa shape index (κ1) is 9.74. The van der Waals surface area contributed by atoms with E-state index in [1.165, 1.54) is 12.8 Å². The zero-order valence-electron chi connectivity index (χ0n) is 8.37. The molecule has 2 heterocycles. The molecule has 0 radical (unpaired) electrons. The van der Waals surface area contributed by atoms with Crippen molar-refractivity contribution in [3.8, 4) is 0 Å². The molecule has 0 amide bonds. The minimum Gasteiger partial charge on any atom is -0.387 e. The quantitative estimate of drug-likeness (QED) is 0.682. The lowest BCUT2D eigenvalue weighted by Gasteiger charge is -2.24. The van der Waals surface area contributed by atoms with E-state index in [1.807, 2.05) is 18.3 Å². The summed E-state index contributed by atoms with van der Waals surface area (Å²) < 4.78 is 0. The van der Waals surface area contributed by atoms with Crippen molar-refractivity contribution in [1.82, 2.24) is 10.3 Å². The van der Waals surface area contributed by atoms with Gasteiger partial charge in [-0.1, -0.05) is 0 Å². The molecule has 14 heavy (non-hydrogen) atoms. The van der Waals surface area contributed by atoms with Crippen LogP contribution < -0.4 is 5.32 Å². The molecule has 0 bridgehead atoms. The summed E-state index contributed by atoms with van der Waals surface area (Å²) in [4.78, 5) is 3.06. The summed E-state index contributed by atoms with van der Waals surface area (Å²) in [6, 6.07) is 3.88. The van der Waals surface area contributed by atoms with Crippen LogP contribution in [-0.4, -0.2) is 23.2 Å². The molecule has 0 saturated carbocycles. The number of piperidine rings is 1. The number of aromatic amines is 1. The molecule has 1 unspecified atom stereocenters. The zero-order valence-corrected chi connectivity index (χ0v) is 8.37. The first-order valence-electron chi connectivity index (χ1n) is 5.38. The number of aliphatic hydroxyl groups is 1. The van der Waals surface area contributed by atoms with Crippen molar-refractivity contribution in [2.75, 3.05) is 13.1 Å². The SMILES string of the molecule is OC(CC1CCNCC1)c1ccc[nH]1. The molecular formula is C11H18N2O. The van der Waals surface area contributed by atoms with Crippen molar-refractivity contribution >= 4 is 0 Å². The molecule has 3 N–H and O–H groups in total. The highest BCUT2D eigenvalue weighted by molar-refractivity contribution is 5.06. The van der Waals surface area contributed by atoms with Gasteiger partial charge in [0.05, 0.1) is 6.10 Å². The first-order valence-corrected chi connectivity index (χ1v) is 5.38. The molecule has 0 aliphatic carbocycles. The molecule has 3 heteroatoms. The van der Waals surface area contributed by atoms with Crippen molar-refractivity contribution in [2.45, 2.75) is 25.4 Å².